The minimum Gasteiger partial charge on any atom is -0.325 e. The van der Waals surface area contributed by atoms with E-state index in [4.69, 9.17) is 5.14 Å². The van der Waals surface area contributed by atoms with Crippen molar-refractivity contribution >= 4 is 60.1 Å². The number of aryl methyl sites for hydroxylation is 1. The van der Waals surface area contributed by atoms with Crippen LogP contribution in [0.2, 0.25) is 0 Å². The third-order valence-corrected chi connectivity index (χ3v) is 7.17. The molecular weight excluding hydrogens is 533 g/mol. The van der Waals surface area contributed by atoms with Gasteiger partial charge in [0.15, 0.2) is 5.16 Å². The quantitative estimate of drug-likeness (QED) is 0.350. The van der Waals surface area contributed by atoms with Crippen molar-refractivity contribution in [1.82, 2.24) is 14.8 Å². The SMILES string of the molecule is Cc1cc(S(N)(=O)=O)ccc1NC(=O)CSc1nnc(Br)n1-c1ccc(F)c2ccccc12. The average molecular weight is 550 g/mol. The summed E-state index contributed by atoms with van der Waals surface area (Å²) in [6.07, 6.45) is 0. The second-order valence-corrected chi connectivity index (χ2v) is 10.3. The van der Waals surface area contributed by atoms with E-state index in [0.29, 0.717) is 37.6 Å². The molecule has 12 heteroatoms. The van der Waals surface area contributed by atoms with Crippen molar-refractivity contribution in [2.75, 3.05) is 11.1 Å². The molecule has 4 rings (SSSR count). The Morgan fingerprint density at radius 1 is 1.15 bits per heavy atom. The van der Waals surface area contributed by atoms with E-state index in [1.54, 1.807) is 35.8 Å². The molecule has 33 heavy (non-hydrogen) atoms. The van der Waals surface area contributed by atoms with Crippen molar-refractivity contribution in [2.45, 2.75) is 17.0 Å². The van der Waals surface area contributed by atoms with Crippen LogP contribution in [0.3, 0.4) is 0 Å². The molecule has 0 atom stereocenters. The van der Waals surface area contributed by atoms with Crippen LogP contribution in [0.15, 0.2) is 69.4 Å². The van der Waals surface area contributed by atoms with Gasteiger partial charge in [0.25, 0.3) is 0 Å². The maximum Gasteiger partial charge on any atom is 0.238 e. The Bertz CT molecular complexity index is 1490. The van der Waals surface area contributed by atoms with E-state index in [-0.39, 0.29) is 22.4 Å². The molecule has 0 unspecified atom stereocenters. The van der Waals surface area contributed by atoms with Gasteiger partial charge in [0.05, 0.1) is 16.3 Å². The van der Waals surface area contributed by atoms with Crippen molar-refractivity contribution in [2.24, 2.45) is 5.14 Å². The first-order valence-corrected chi connectivity index (χ1v) is 12.8. The lowest BCUT2D eigenvalue weighted by Crippen LogP contribution is -2.16. The van der Waals surface area contributed by atoms with Gasteiger partial charge < -0.3 is 5.32 Å². The highest BCUT2D eigenvalue weighted by molar-refractivity contribution is 9.10. The van der Waals surface area contributed by atoms with Gasteiger partial charge in [-0.1, -0.05) is 36.0 Å². The van der Waals surface area contributed by atoms with Gasteiger partial charge in [0, 0.05) is 16.5 Å². The van der Waals surface area contributed by atoms with Crippen molar-refractivity contribution < 1.29 is 17.6 Å². The molecule has 0 saturated heterocycles. The number of sulfonamides is 1. The number of aromatic nitrogens is 3. The molecule has 4 aromatic rings. The molecule has 3 aromatic carbocycles. The number of rotatable bonds is 6. The van der Waals surface area contributed by atoms with Crippen LogP contribution in [0.4, 0.5) is 10.1 Å². The zero-order valence-corrected chi connectivity index (χ0v) is 20.3. The lowest BCUT2D eigenvalue weighted by molar-refractivity contribution is -0.113. The largest absolute Gasteiger partial charge is 0.325 e. The Labute approximate surface area is 201 Å². The third kappa shape index (κ3) is 4.93. The van der Waals surface area contributed by atoms with Crippen LogP contribution in [-0.2, 0) is 14.8 Å². The fourth-order valence-electron chi connectivity index (χ4n) is 3.26. The summed E-state index contributed by atoms with van der Waals surface area (Å²) < 4.78 is 39.3. The molecule has 0 saturated carbocycles. The number of nitrogens with one attached hydrogen (secondary N) is 1. The fraction of sp³-hybridized carbons (Fsp3) is 0.0952. The molecule has 8 nitrogen and oxygen atoms in total. The van der Waals surface area contributed by atoms with Gasteiger partial charge in [-0.25, -0.2) is 17.9 Å². The monoisotopic (exact) mass is 549 g/mol. The van der Waals surface area contributed by atoms with Crippen LogP contribution < -0.4 is 10.5 Å². The summed E-state index contributed by atoms with van der Waals surface area (Å²) in [7, 11) is -3.83. The summed E-state index contributed by atoms with van der Waals surface area (Å²) in [5.74, 6) is -0.641. The molecule has 1 aromatic heterocycles. The third-order valence-electron chi connectivity index (χ3n) is 4.82. The van der Waals surface area contributed by atoms with E-state index >= 15 is 0 Å². The van der Waals surface area contributed by atoms with Crippen molar-refractivity contribution in [3.8, 4) is 5.69 Å². The standard InChI is InChI=1S/C21H17BrFN5O3S2/c1-12-10-13(33(24,30)31)6-8-17(12)25-19(29)11-32-21-27-26-20(22)28(21)18-9-7-16(23)14-4-2-3-5-15(14)18/h2-10H,11H2,1H3,(H,25,29)(H2,24,30,31). The van der Waals surface area contributed by atoms with Crippen LogP contribution in [0.5, 0.6) is 0 Å². The molecule has 0 aliphatic rings. The van der Waals surface area contributed by atoms with Crippen LogP contribution in [0, 0.1) is 12.7 Å². The zero-order valence-electron chi connectivity index (χ0n) is 17.1. The molecule has 0 aliphatic carbocycles. The van der Waals surface area contributed by atoms with Gasteiger partial charge in [-0.15, -0.1) is 10.2 Å². The molecule has 0 fully saturated rings. The number of amides is 1. The first-order valence-electron chi connectivity index (χ1n) is 9.50. The number of anilines is 1. The second-order valence-electron chi connectivity index (χ2n) is 7.06. The maximum absolute atomic E-state index is 14.2. The van der Waals surface area contributed by atoms with E-state index in [2.05, 4.69) is 31.4 Å². The Hall–Kier alpha value is -2.80. The smallest absolute Gasteiger partial charge is 0.238 e. The number of primary sulfonamides is 1. The zero-order chi connectivity index (χ0) is 23.8. The number of carbonyl (C=O) groups excluding carboxylic acids is 1. The summed E-state index contributed by atoms with van der Waals surface area (Å²) in [5.41, 5.74) is 1.70. The number of thioether (sulfide) groups is 1. The van der Waals surface area contributed by atoms with Crippen molar-refractivity contribution in [3.05, 3.63) is 70.7 Å². The number of benzene rings is 3. The van der Waals surface area contributed by atoms with E-state index in [0.717, 1.165) is 11.8 Å². The van der Waals surface area contributed by atoms with Gasteiger partial charge in [0.1, 0.15) is 5.82 Å². The summed E-state index contributed by atoms with van der Waals surface area (Å²) in [6.45, 7) is 1.67. The minimum atomic E-state index is -3.83. The minimum absolute atomic E-state index is 0.0145. The molecule has 0 bridgehead atoms. The number of hydrogen-bond donors (Lipinski definition) is 2. The normalized spacial score (nSPS) is 11.6. The molecule has 0 spiro atoms. The number of hydrogen-bond acceptors (Lipinski definition) is 6. The van der Waals surface area contributed by atoms with Gasteiger partial charge in [-0.2, -0.15) is 0 Å². The first-order chi connectivity index (χ1) is 15.6. The van der Waals surface area contributed by atoms with E-state index < -0.39 is 10.0 Å². The highest BCUT2D eigenvalue weighted by Crippen LogP contribution is 2.31. The van der Waals surface area contributed by atoms with E-state index in [9.17, 15) is 17.6 Å². The van der Waals surface area contributed by atoms with Crippen LogP contribution >= 0.6 is 27.7 Å². The number of fused-ring (bicyclic) bond motifs is 1. The molecular formula is C21H17BrFN5O3S2. The second kappa shape index (κ2) is 9.21. The van der Waals surface area contributed by atoms with Crippen molar-refractivity contribution in [3.63, 3.8) is 0 Å². The van der Waals surface area contributed by atoms with Crippen molar-refractivity contribution in [1.29, 1.82) is 0 Å². The van der Waals surface area contributed by atoms with Crippen LogP contribution in [-0.4, -0.2) is 34.8 Å². The first kappa shape index (κ1) is 23.4. The Morgan fingerprint density at radius 2 is 1.88 bits per heavy atom. The van der Waals surface area contributed by atoms with Gasteiger partial charge in [0.2, 0.25) is 20.7 Å². The lowest BCUT2D eigenvalue weighted by Gasteiger charge is -2.12. The Kier molecular flexibility index (Phi) is 6.52. The highest BCUT2D eigenvalue weighted by atomic mass is 79.9. The summed E-state index contributed by atoms with van der Waals surface area (Å²) >= 11 is 4.53. The summed E-state index contributed by atoms with van der Waals surface area (Å²) in [5, 5.41) is 17.6. The number of carbonyl (C=O) groups is 1. The highest BCUT2D eigenvalue weighted by Gasteiger charge is 2.18. The molecule has 3 N–H and O–H groups in total. The summed E-state index contributed by atoms with van der Waals surface area (Å²) in [4.78, 5) is 12.5. The van der Waals surface area contributed by atoms with Gasteiger partial charge in [-0.05, 0) is 58.7 Å². The molecule has 1 heterocycles. The number of nitrogens with zero attached hydrogens (tertiary/aromatic N) is 3. The lowest BCUT2D eigenvalue weighted by atomic mass is 10.1. The summed E-state index contributed by atoms with van der Waals surface area (Å²) in [6, 6.07) is 14.3. The molecule has 1 amide bonds. The van der Waals surface area contributed by atoms with Crippen LogP contribution in [0.1, 0.15) is 5.56 Å². The molecule has 170 valence electrons. The topological polar surface area (TPSA) is 120 Å². The average Bonchev–Trinajstić information content (AvgIpc) is 3.14. The molecule has 0 aliphatic heterocycles. The predicted molar refractivity (Wildman–Crippen MR) is 128 cm³/mol. The van der Waals surface area contributed by atoms with Gasteiger partial charge >= 0.3 is 0 Å². The van der Waals surface area contributed by atoms with E-state index in [1.165, 1.54) is 24.3 Å². The van der Waals surface area contributed by atoms with Gasteiger partial charge in [-0.3, -0.25) is 9.36 Å². The number of halogens is 2. The number of nitrogens with two attached hydrogens (primary N) is 1. The fourth-order valence-corrected chi connectivity index (χ4v) is 5.16. The molecule has 0 radical (unpaired) electrons. The van der Waals surface area contributed by atoms with Crippen LogP contribution in [0.25, 0.3) is 16.5 Å². The Morgan fingerprint density at radius 3 is 2.58 bits per heavy atom. The Balaban J connectivity index is 1.55. The maximum atomic E-state index is 14.2. The predicted octanol–water partition coefficient (Wildman–Crippen LogP) is 4.01. The van der Waals surface area contributed by atoms with E-state index in [1.807, 2.05) is 6.07 Å².